The third kappa shape index (κ3) is 2.36. The zero-order valence-electron chi connectivity index (χ0n) is 10.2. The van der Waals surface area contributed by atoms with Gasteiger partial charge in [0.05, 0.1) is 0 Å². The quantitative estimate of drug-likeness (QED) is 0.901. The molecule has 3 heteroatoms. The van der Waals surface area contributed by atoms with Gasteiger partial charge in [-0.25, -0.2) is 0 Å². The first-order chi connectivity index (χ1) is 8.22. The van der Waals surface area contributed by atoms with E-state index in [9.17, 15) is 0 Å². The molecule has 0 aliphatic carbocycles. The molecule has 0 amide bonds. The lowest BCUT2D eigenvalue weighted by molar-refractivity contribution is 0.255. The van der Waals surface area contributed by atoms with Gasteiger partial charge in [0.1, 0.15) is 0 Å². The highest BCUT2D eigenvalue weighted by atomic mass is 79.9. The highest BCUT2D eigenvalue weighted by Crippen LogP contribution is 2.30. The Hall–Kier alpha value is -0.540. The molecule has 0 radical (unpaired) electrons. The molecule has 2 bridgehead atoms. The van der Waals surface area contributed by atoms with Gasteiger partial charge in [0, 0.05) is 29.3 Å². The van der Waals surface area contributed by atoms with Crippen LogP contribution in [0.3, 0.4) is 0 Å². The van der Waals surface area contributed by atoms with Crippen LogP contribution in [0.4, 0.5) is 5.69 Å². The summed E-state index contributed by atoms with van der Waals surface area (Å²) in [5, 5.41) is 3.73. The van der Waals surface area contributed by atoms with E-state index in [1.54, 1.807) is 0 Å². The minimum absolute atomic E-state index is 0.675. The summed E-state index contributed by atoms with van der Waals surface area (Å²) in [4.78, 5) is 2.59. The second-order valence-electron chi connectivity index (χ2n) is 5.35. The molecule has 3 atom stereocenters. The van der Waals surface area contributed by atoms with Gasteiger partial charge in [0.25, 0.3) is 0 Å². The standard InChI is InChI=1S/C14H19BrN2/c1-10-8-12(2-3-13(10)15)16-14-5-7-17-6-4-11(14)9-17/h2-3,8,11,14,16H,4-7,9H2,1H3. The van der Waals surface area contributed by atoms with Gasteiger partial charge in [0.15, 0.2) is 0 Å². The summed E-state index contributed by atoms with van der Waals surface area (Å²) < 4.78 is 1.19. The topological polar surface area (TPSA) is 15.3 Å². The Kier molecular flexibility index (Phi) is 3.14. The van der Waals surface area contributed by atoms with Crippen LogP contribution in [-0.2, 0) is 0 Å². The molecule has 2 fully saturated rings. The minimum atomic E-state index is 0.675. The molecule has 2 saturated heterocycles. The third-order valence-corrected chi connectivity index (χ3v) is 5.03. The van der Waals surface area contributed by atoms with E-state index in [4.69, 9.17) is 0 Å². The Balaban J connectivity index is 1.71. The van der Waals surface area contributed by atoms with Crippen molar-refractivity contribution in [1.82, 2.24) is 4.90 Å². The summed E-state index contributed by atoms with van der Waals surface area (Å²) in [5.74, 6) is 0.854. The predicted octanol–water partition coefficient (Wildman–Crippen LogP) is 3.26. The first-order valence-electron chi connectivity index (χ1n) is 6.47. The molecule has 2 aliphatic heterocycles. The van der Waals surface area contributed by atoms with Gasteiger partial charge in [-0.15, -0.1) is 0 Å². The van der Waals surface area contributed by atoms with E-state index in [0.29, 0.717) is 6.04 Å². The van der Waals surface area contributed by atoms with E-state index < -0.39 is 0 Å². The van der Waals surface area contributed by atoms with Crippen molar-refractivity contribution >= 4 is 21.6 Å². The number of rotatable bonds is 2. The summed E-state index contributed by atoms with van der Waals surface area (Å²) >= 11 is 3.55. The Bertz CT molecular complexity index is 419. The average Bonchev–Trinajstić information content (AvgIpc) is 2.71. The van der Waals surface area contributed by atoms with Gasteiger partial charge < -0.3 is 10.2 Å². The number of fused-ring (bicyclic) bond motifs is 2. The summed E-state index contributed by atoms with van der Waals surface area (Å²) in [6, 6.07) is 7.24. The van der Waals surface area contributed by atoms with Crippen molar-refractivity contribution in [3.63, 3.8) is 0 Å². The normalized spacial score (nSPS) is 31.5. The number of hydrogen-bond acceptors (Lipinski definition) is 2. The third-order valence-electron chi connectivity index (χ3n) is 4.14. The SMILES string of the molecule is Cc1cc(NC2CCN3CCC2C3)ccc1Br. The molecule has 3 rings (SSSR count). The van der Waals surface area contributed by atoms with Crippen molar-refractivity contribution in [2.45, 2.75) is 25.8 Å². The van der Waals surface area contributed by atoms with E-state index in [1.165, 1.54) is 48.2 Å². The number of halogens is 1. The number of piperidine rings is 1. The van der Waals surface area contributed by atoms with Crippen LogP contribution in [0.25, 0.3) is 0 Å². The van der Waals surface area contributed by atoms with Crippen LogP contribution in [0.5, 0.6) is 0 Å². The zero-order valence-corrected chi connectivity index (χ0v) is 11.8. The second-order valence-corrected chi connectivity index (χ2v) is 6.21. The number of benzene rings is 1. The van der Waals surface area contributed by atoms with Crippen LogP contribution >= 0.6 is 15.9 Å². The number of nitrogens with zero attached hydrogens (tertiary/aromatic N) is 1. The molecule has 0 spiro atoms. The number of anilines is 1. The molecular formula is C14H19BrN2. The van der Waals surface area contributed by atoms with E-state index in [0.717, 1.165) is 5.92 Å². The molecule has 3 unspecified atom stereocenters. The van der Waals surface area contributed by atoms with Crippen LogP contribution in [0.15, 0.2) is 22.7 Å². The Morgan fingerprint density at radius 2 is 2.12 bits per heavy atom. The van der Waals surface area contributed by atoms with Gasteiger partial charge in [-0.2, -0.15) is 0 Å². The van der Waals surface area contributed by atoms with Crippen LogP contribution in [-0.4, -0.2) is 30.6 Å². The fraction of sp³-hybridized carbons (Fsp3) is 0.571. The summed E-state index contributed by atoms with van der Waals surface area (Å²) in [7, 11) is 0. The van der Waals surface area contributed by atoms with Crippen molar-refractivity contribution in [2.75, 3.05) is 25.0 Å². The largest absolute Gasteiger partial charge is 0.382 e. The van der Waals surface area contributed by atoms with Gasteiger partial charge >= 0.3 is 0 Å². The van der Waals surface area contributed by atoms with Gasteiger partial charge in [-0.3, -0.25) is 0 Å². The molecule has 0 saturated carbocycles. The van der Waals surface area contributed by atoms with Gasteiger partial charge in [0.2, 0.25) is 0 Å². The first kappa shape index (κ1) is 11.5. The molecule has 2 nitrogen and oxygen atoms in total. The molecule has 1 N–H and O–H groups in total. The lowest BCUT2D eigenvalue weighted by Gasteiger charge is -2.31. The fourth-order valence-electron chi connectivity index (χ4n) is 3.09. The molecule has 0 aromatic heterocycles. The Morgan fingerprint density at radius 1 is 1.29 bits per heavy atom. The molecule has 2 heterocycles. The second kappa shape index (κ2) is 4.62. The maximum Gasteiger partial charge on any atom is 0.0345 e. The fourth-order valence-corrected chi connectivity index (χ4v) is 3.34. The lowest BCUT2D eigenvalue weighted by Crippen LogP contribution is -2.39. The van der Waals surface area contributed by atoms with Crippen molar-refractivity contribution in [1.29, 1.82) is 0 Å². The highest BCUT2D eigenvalue weighted by Gasteiger charge is 2.33. The average molecular weight is 295 g/mol. The van der Waals surface area contributed by atoms with Crippen molar-refractivity contribution in [2.24, 2.45) is 5.92 Å². The summed E-state index contributed by atoms with van der Waals surface area (Å²) in [5.41, 5.74) is 2.58. The van der Waals surface area contributed by atoms with Crippen molar-refractivity contribution in [3.05, 3.63) is 28.2 Å². The molecular weight excluding hydrogens is 276 g/mol. The zero-order chi connectivity index (χ0) is 11.8. The molecule has 92 valence electrons. The van der Waals surface area contributed by atoms with Crippen molar-refractivity contribution in [3.8, 4) is 0 Å². The summed E-state index contributed by atoms with van der Waals surface area (Å²) in [6.45, 7) is 6.02. The minimum Gasteiger partial charge on any atom is -0.382 e. The van der Waals surface area contributed by atoms with E-state index in [2.05, 4.69) is 51.3 Å². The van der Waals surface area contributed by atoms with Crippen molar-refractivity contribution < 1.29 is 0 Å². The Morgan fingerprint density at radius 3 is 2.94 bits per heavy atom. The smallest absolute Gasteiger partial charge is 0.0345 e. The van der Waals surface area contributed by atoms with Crippen LogP contribution in [0.2, 0.25) is 0 Å². The number of aryl methyl sites for hydroxylation is 1. The first-order valence-corrected chi connectivity index (χ1v) is 7.27. The molecule has 2 aliphatic rings. The highest BCUT2D eigenvalue weighted by molar-refractivity contribution is 9.10. The molecule has 1 aromatic carbocycles. The maximum absolute atomic E-state index is 3.73. The van der Waals surface area contributed by atoms with Gasteiger partial charge in [-0.1, -0.05) is 15.9 Å². The van der Waals surface area contributed by atoms with Crippen LogP contribution in [0.1, 0.15) is 18.4 Å². The monoisotopic (exact) mass is 294 g/mol. The number of nitrogens with one attached hydrogen (secondary N) is 1. The lowest BCUT2D eigenvalue weighted by atomic mass is 9.94. The van der Waals surface area contributed by atoms with Gasteiger partial charge in [-0.05, 0) is 56.0 Å². The van der Waals surface area contributed by atoms with Crippen LogP contribution in [0, 0.1) is 12.8 Å². The Labute approximate surface area is 112 Å². The maximum atomic E-state index is 3.73. The predicted molar refractivity (Wildman–Crippen MR) is 75.5 cm³/mol. The van der Waals surface area contributed by atoms with E-state index in [1.807, 2.05) is 0 Å². The molecule has 17 heavy (non-hydrogen) atoms. The number of hydrogen-bond donors (Lipinski definition) is 1. The summed E-state index contributed by atoms with van der Waals surface area (Å²) in [6.07, 6.45) is 2.66. The van der Waals surface area contributed by atoms with Crippen LogP contribution < -0.4 is 5.32 Å². The van der Waals surface area contributed by atoms with E-state index >= 15 is 0 Å². The van der Waals surface area contributed by atoms with E-state index in [-0.39, 0.29) is 0 Å². The molecule has 1 aromatic rings.